The van der Waals surface area contributed by atoms with Gasteiger partial charge in [-0.05, 0) is 6.42 Å². The summed E-state index contributed by atoms with van der Waals surface area (Å²) in [6.45, 7) is 2.05. The molecule has 0 saturated carbocycles. The molecule has 0 aliphatic carbocycles. The monoisotopic (exact) mass is 172 g/mol. The highest BCUT2D eigenvalue weighted by atomic mass is 16.5. The molecule has 12 heavy (non-hydrogen) atoms. The molecule has 1 atom stereocenters. The van der Waals surface area contributed by atoms with Crippen LogP contribution in [0, 0.1) is 0 Å². The van der Waals surface area contributed by atoms with Crippen LogP contribution in [-0.2, 0) is 9.53 Å². The number of aliphatic hydroxyl groups excluding tert-OH is 1. The lowest BCUT2D eigenvalue weighted by Gasteiger charge is -2.02. The first-order valence-corrected chi connectivity index (χ1v) is 4.12. The van der Waals surface area contributed by atoms with Crippen molar-refractivity contribution >= 4 is 5.97 Å². The Morgan fingerprint density at radius 2 is 2.33 bits per heavy atom. The molecule has 1 N–H and O–H groups in total. The average molecular weight is 172 g/mol. The van der Waals surface area contributed by atoms with Crippen LogP contribution in [0.5, 0.6) is 0 Å². The van der Waals surface area contributed by atoms with E-state index >= 15 is 0 Å². The molecule has 0 aliphatic rings. The summed E-state index contributed by atoms with van der Waals surface area (Å²) in [5, 5.41) is 9.19. The van der Waals surface area contributed by atoms with E-state index in [0.717, 1.165) is 12.8 Å². The van der Waals surface area contributed by atoms with E-state index in [4.69, 9.17) is 0 Å². The summed E-state index contributed by atoms with van der Waals surface area (Å²) in [5.74, 6) is -0.386. The number of unbranched alkanes of at least 4 members (excludes halogenated alkanes) is 1. The molecule has 0 aromatic carbocycles. The fourth-order valence-electron chi connectivity index (χ4n) is 0.742. The lowest BCUT2D eigenvalue weighted by Crippen LogP contribution is -2.11. The van der Waals surface area contributed by atoms with Crippen LogP contribution < -0.4 is 0 Å². The summed E-state index contributed by atoms with van der Waals surface area (Å²) in [4.78, 5) is 10.6. The van der Waals surface area contributed by atoms with Gasteiger partial charge in [-0.2, -0.15) is 0 Å². The molecule has 3 heteroatoms. The number of rotatable bonds is 5. The summed E-state index contributed by atoms with van der Waals surface area (Å²) >= 11 is 0. The lowest BCUT2D eigenvalue weighted by molar-refractivity contribution is -0.142. The van der Waals surface area contributed by atoms with Gasteiger partial charge in [-0.3, -0.25) is 4.79 Å². The first kappa shape index (κ1) is 11.2. The molecule has 0 unspecified atom stereocenters. The number of esters is 1. The van der Waals surface area contributed by atoms with Gasteiger partial charge in [0.15, 0.2) is 0 Å². The van der Waals surface area contributed by atoms with Crippen molar-refractivity contribution in [1.29, 1.82) is 0 Å². The van der Waals surface area contributed by atoms with E-state index in [1.54, 1.807) is 6.08 Å². The van der Waals surface area contributed by atoms with E-state index in [9.17, 15) is 9.90 Å². The van der Waals surface area contributed by atoms with Crippen molar-refractivity contribution in [3.05, 3.63) is 12.2 Å². The summed E-state index contributed by atoms with van der Waals surface area (Å²) in [6, 6.07) is 0. The van der Waals surface area contributed by atoms with Crippen LogP contribution in [0.1, 0.15) is 26.2 Å². The Bertz CT molecular complexity index is 152. The standard InChI is InChI=1S/C9H16O3/c1-3-4-5-6-8(10)7-9(11)12-2/h5-6,8,10H,3-4,7H2,1-2H3/b6-5+/t8-/m1/s1. The van der Waals surface area contributed by atoms with E-state index < -0.39 is 6.10 Å². The second kappa shape index (κ2) is 6.85. The van der Waals surface area contributed by atoms with Gasteiger partial charge < -0.3 is 9.84 Å². The zero-order valence-corrected chi connectivity index (χ0v) is 7.62. The molecule has 0 saturated heterocycles. The Labute approximate surface area is 73.0 Å². The Morgan fingerprint density at radius 3 is 2.83 bits per heavy atom. The molecule has 3 nitrogen and oxygen atoms in total. The highest BCUT2D eigenvalue weighted by molar-refractivity contribution is 5.70. The van der Waals surface area contributed by atoms with Crippen molar-refractivity contribution in [2.75, 3.05) is 7.11 Å². The largest absolute Gasteiger partial charge is 0.469 e. The van der Waals surface area contributed by atoms with Crippen LogP contribution in [0.4, 0.5) is 0 Å². The number of hydrogen-bond donors (Lipinski definition) is 1. The van der Waals surface area contributed by atoms with Gasteiger partial charge in [0.25, 0.3) is 0 Å². The van der Waals surface area contributed by atoms with Crippen LogP contribution in [0.15, 0.2) is 12.2 Å². The molecule has 0 aromatic rings. The number of ether oxygens (including phenoxy) is 1. The molecule has 70 valence electrons. The van der Waals surface area contributed by atoms with Crippen LogP contribution in [-0.4, -0.2) is 24.3 Å². The zero-order chi connectivity index (χ0) is 9.40. The van der Waals surface area contributed by atoms with Gasteiger partial charge >= 0.3 is 5.97 Å². The normalized spacial score (nSPS) is 13.2. The van der Waals surface area contributed by atoms with Gasteiger partial charge in [0.1, 0.15) is 0 Å². The lowest BCUT2D eigenvalue weighted by atomic mass is 10.2. The molecular formula is C9H16O3. The molecule has 0 radical (unpaired) electrons. The minimum absolute atomic E-state index is 0.0384. The Kier molecular flexibility index (Phi) is 6.38. The van der Waals surface area contributed by atoms with E-state index in [0.29, 0.717) is 0 Å². The number of aliphatic hydroxyl groups is 1. The topological polar surface area (TPSA) is 46.5 Å². The molecule has 0 rings (SSSR count). The van der Waals surface area contributed by atoms with E-state index in [2.05, 4.69) is 11.7 Å². The van der Waals surface area contributed by atoms with Crippen molar-refractivity contribution in [3.63, 3.8) is 0 Å². The highest BCUT2D eigenvalue weighted by Gasteiger charge is 2.06. The molecule has 0 spiro atoms. The number of carbonyl (C=O) groups excluding carboxylic acids is 1. The second-order valence-corrected chi connectivity index (χ2v) is 2.56. The quantitative estimate of drug-likeness (QED) is 0.501. The Morgan fingerprint density at radius 1 is 1.67 bits per heavy atom. The molecule has 0 bridgehead atoms. The summed E-state index contributed by atoms with van der Waals surface area (Å²) in [7, 11) is 1.31. The van der Waals surface area contributed by atoms with Gasteiger partial charge in [-0.1, -0.05) is 25.5 Å². The maximum Gasteiger partial charge on any atom is 0.308 e. The second-order valence-electron chi connectivity index (χ2n) is 2.56. The first-order valence-electron chi connectivity index (χ1n) is 4.12. The van der Waals surface area contributed by atoms with Gasteiger partial charge in [-0.25, -0.2) is 0 Å². The molecule has 0 aromatic heterocycles. The van der Waals surface area contributed by atoms with Crippen LogP contribution >= 0.6 is 0 Å². The third kappa shape index (κ3) is 5.92. The summed E-state index contributed by atoms with van der Waals surface area (Å²) in [5.41, 5.74) is 0. The van der Waals surface area contributed by atoms with Gasteiger partial charge in [0.05, 0.1) is 19.6 Å². The predicted octanol–water partition coefficient (Wildman–Crippen LogP) is 1.27. The van der Waals surface area contributed by atoms with E-state index in [1.807, 2.05) is 6.08 Å². The zero-order valence-electron chi connectivity index (χ0n) is 7.62. The maximum absolute atomic E-state index is 10.6. The van der Waals surface area contributed by atoms with E-state index in [-0.39, 0.29) is 12.4 Å². The fraction of sp³-hybridized carbons (Fsp3) is 0.667. The molecular weight excluding hydrogens is 156 g/mol. The Hall–Kier alpha value is -0.830. The highest BCUT2D eigenvalue weighted by Crippen LogP contribution is 1.97. The molecule has 0 aliphatic heterocycles. The van der Waals surface area contributed by atoms with Gasteiger partial charge in [0, 0.05) is 0 Å². The first-order chi connectivity index (χ1) is 5.70. The van der Waals surface area contributed by atoms with Crippen LogP contribution in [0.25, 0.3) is 0 Å². The predicted molar refractivity (Wildman–Crippen MR) is 46.7 cm³/mol. The van der Waals surface area contributed by atoms with E-state index in [1.165, 1.54) is 7.11 Å². The number of carbonyl (C=O) groups is 1. The van der Waals surface area contributed by atoms with Crippen molar-refractivity contribution in [2.45, 2.75) is 32.3 Å². The number of allylic oxidation sites excluding steroid dienone is 1. The van der Waals surface area contributed by atoms with Crippen molar-refractivity contribution < 1.29 is 14.6 Å². The van der Waals surface area contributed by atoms with Crippen LogP contribution in [0.2, 0.25) is 0 Å². The van der Waals surface area contributed by atoms with Gasteiger partial charge in [-0.15, -0.1) is 0 Å². The average Bonchev–Trinajstić information content (AvgIpc) is 2.05. The summed E-state index contributed by atoms with van der Waals surface area (Å²) < 4.78 is 4.39. The van der Waals surface area contributed by atoms with Crippen molar-refractivity contribution in [1.82, 2.24) is 0 Å². The smallest absolute Gasteiger partial charge is 0.308 e. The SMILES string of the molecule is CCC/C=C/[C@@H](O)CC(=O)OC. The Balaban J connectivity index is 3.58. The molecule has 0 amide bonds. The fourth-order valence-corrected chi connectivity index (χ4v) is 0.742. The summed E-state index contributed by atoms with van der Waals surface area (Å²) in [6.07, 6.45) is 4.80. The van der Waals surface area contributed by atoms with Crippen molar-refractivity contribution in [2.24, 2.45) is 0 Å². The third-order valence-corrected chi connectivity index (χ3v) is 1.42. The number of hydrogen-bond acceptors (Lipinski definition) is 3. The van der Waals surface area contributed by atoms with Gasteiger partial charge in [0.2, 0.25) is 0 Å². The number of methoxy groups -OCH3 is 1. The molecule has 0 fully saturated rings. The molecule has 0 heterocycles. The van der Waals surface area contributed by atoms with Crippen LogP contribution in [0.3, 0.4) is 0 Å². The van der Waals surface area contributed by atoms with Crippen molar-refractivity contribution in [3.8, 4) is 0 Å². The minimum atomic E-state index is -0.705. The third-order valence-electron chi connectivity index (χ3n) is 1.42. The minimum Gasteiger partial charge on any atom is -0.469 e. The maximum atomic E-state index is 10.6.